The summed E-state index contributed by atoms with van der Waals surface area (Å²) in [5.41, 5.74) is 1.03. The lowest BCUT2D eigenvalue weighted by Crippen LogP contribution is -2.42. The predicted molar refractivity (Wildman–Crippen MR) is 124 cm³/mol. The van der Waals surface area contributed by atoms with Gasteiger partial charge >= 0.3 is 0 Å². The molecule has 1 aromatic rings. The smallest absolute Gasteiger partial charge is 0.238 e. The lowest BCUT2D eigenvalue weighted by Gasteiger charge is -2.17. The van der Waals surface area contributed by atoms with Crippen LogP contribution in [0.1, 0.15) is 58.4 Å². The van der Waals surface area contributed by atoms with E-state index in [4.69, 9.17) is 5.14 Å². The van der Waals surface area contributed by atoms with Crippen LogP contribution in [0.15, 0.2) is 34.2 Å². The first-order valence-corrected chi connectivity index (χ1v) is 11.1. The molecule has 0 radical (unpaired) electrons. The highest BCUT2D eigenvalue weighted by molar-refractivity contribution is 14.0. The van der Waals surface area contributed by atoms with Crippen LogP contribution in [-0.4, -0.2) is 33.5 Å². The molecule has 0 aliphatic rings. The van der Waals surface area contributed by atoms with Gasteiger partial charge in [-0.2, -0.15) is 0 Å². The third-order valence-corrected chi connectivity index (χ3v) is 5.07. The second-order valence-corrected chi connectivity index (χ2v) is 8.16. The zero-order valence-corrected chi connectivity index (χ0v) is 19.8. The van der Waals surface area contributed by atoms with Crippen LogP contribution in [0.3, 0.4) is 0 Å². The molecule has 1 unspecified atom stereocenters. The second kappa shape index (κ2) is 14.2. The molecule has 0 aromatic heterocycles. The Morgan fingerprint density at radius 1 is 1.15 bits per heavy atom. The first kappa shape index (κ1) is 26.1. The molecule has 1 aromatic carbocycles. The Morgan fingerprint density at radius 3 is 2.37 bits per heavy atom. The minimum Gasteiger partial charge on any atom is -0.357 e. The summed E-state index contributed by atoms with van der Waals surface area (Å²) in [4.78, 5) is 4.75. The third-order valence-electron chi connectivity index (χ3n) is 4.14. The van der Waals surface area contributed by atoms with Gasteiger partial charge in [0.05, 0.1) is 4.90 Å². The summed E-state index contributed by atoms with van der Waals surface area (Å²) in [6.45, 7) is 7.91. The monoisotopic (exact) mass is 510 g/mol. The third kappa shape index (κ3) is 11.5. The summed E-state index contributed by atoms with van der Waals surface area (Å²) in [6, 6.07) is 7.03. The first-order chi connectivity index (χ1) is 12.4. The number of unbranched alkanes of at least 4 members (excludes halogenated alkanes) is 3. The van der Waals surface area contributed by atoms with E-state index in [0.29, 0.717) is 12.6 Å². The van der Waals surface area contributed by atoms with Gasteiger partial charge in [-0.05, 0) is 44.4 Å². The molecule has 6 nitrogen and oxygen atoms in total. The Labute approximate surface area is 181 Å². The van der Waals surface area contributed by atoms with Crippen molar-refractivity contribution in [3.8, 4) is 0 Å². The summed E-state index contributed by atoms with van der Waals surface area (Å²) >= 11 is 0. The summed E-state index contributed by atoms with van der Waals surface area (Å²) in [5.74, 6) is 0.830. The average Bonchev–Trinajstić information content (AvgIpc) is 2.58. The molecule has 0 amide bonds. The summed E-state index contributed by atoms with van der Waals surface area (Å²) in [6.07, 6.45) is 6.95. The zero-order valence-electron chi connectivity index (χ0n) is 16.7. The Kier molecular flexibility index (Phi) is 13.7. The Hall–Kier alpha value is -0.870. The molecule has 0 saturated carbocycles. The molecule has 4 N–H and O–H groups in total. The number of sulfonamides is 1. The lowest BCUT2D eigenvalue weighted by atomic mass is 10.1. The van der Waals surface area contributed by atoms with Gasteiger partial charge in [0.25, 0.3) is 0 Å². The lowest BCUT2D eigenvalue weighted by molar-refractivity contribution is 0.537. The highest BCUT2D eigenvalue weighted by Crippen LogP contribution is 2.09. The van der Waals surface area contributed by atoms with Crippen LogP contribution in [0.5, 0.6) is 0 Å². The molecule has 0 fully saturated rings. The first-order valence-electron chi connectivity index (χ1n) is 9.53. The van der Waals surface area contributed by atoms with E-state index in [1.165, 1.54) is 37.8 Å². The summed E-state index contributed by atoms with van der Waals surface area (Å²) < 4.78 is 22.5. The summed E-state index contributed by atoms with van der Waals surface area (Å²) in [7, 11) is -3.63. The predicted octanol–water partition coefficient (Wildman–Crippen LogP) is 3.41. The standard InChI is InChI=1S/C19H34N4O2S.HI/c1-4-6-7-8-9-16(3)23-19(21-5-2)22-15-14-17-10-12-18(13-11-17)26(20,24)25;/h10-13,16H,4-9,14-15H2,1-3H3,(H2,20,24,25)(H2,21,22,23);1H. The Balaban J connectivity index is 0.00000676. The number of hydrogen-bond acceptors (Lipinski definition) is 3. The van der Waals surface area contributed by atoms with E-state index >= 15 is 0 Å². The van der Waals surface area contributed by atoms with Gasteiger partial charge in [-0.3, -0.25) is 4.99 Å². The normalized spacial score (nSPS) is 13.0. The van der Waals surface area contributed by atoms with Gasteiger partial charge in [-0.15, -0.1) is 24.0 Å². The number of halogens is 1. The van der Waals surface area contributed by atoms with Crippen molar-refractivity contribution in [1.82, 2.24) is 10.6 Å². The van der Waals surface area contributed by atoms with Crippen molar-refractivity contribution in [2.45, 2.75) is 70.2 Å². The van der Waals surface area contributed by atoms with Crippen molar-refractivity contribution < 1.29 is 8.42 Å². The Bertz CT molecular complexity index is 648. The number of benzene rings is 1. The SMILES string of the molecule is CCCCCCC(C)NC(=NCCc1ccc(S(N)(=O)=O)cc1)NCC.I. The van der Waals surface area contributed by atoms with Gasteiger partial charge in [-0.1, -0.05) is 44.7 Å². The van der Waals surface area contributed by atoms with Gasteiger partial charge in [-0.25, -0.2) is 13.6 Å². The van der Waals surface area contributed by atoms with Crippen LogP contribution in [-0.2, 0) is 16.4 Å². The molecule has 0 spiro atoms. The minimum atomic E-state index is -3.63. The van der Waals surface area contributed by atoms with Crippen LogP contribution < -0.4 is 15.8 Å². The van der Waals surface area contributed by atoms with Crippen LogP contribution in [0, 0.1) is 0 Å². The molecule has 0 aliphatic heterocycles. The number of rotatable bonds is 11. The van der Waals surface area contributed by atoms with E-state index in [0.717, 1.165) is 30.9 Å². The Morgan fingerprint density at radius 2 is 1.81 bits per heavy atom. The topological polar surface area (TPSA) is 96.6 Å². The largest absolute Gasteiger partial charge is 0.357 e. The second-order valence-electron chi connectivity index (χ2n) is 6.59. The van der Waals surface area contributed by atoms with Crippen molar-refractivity contribution in [2.75, 3.05) is 13.1 Å². The van der Waals surface area contributed by atoms with E-state index in [1.54, 1.807) is 12.1 Å². The van der Waals surface area contributed by atoms with E-state index < -0.39 is 10.0 Å². The maximum atomic E-state index is 11.3. The van der Waals surface area contributed by atoms with E-state index in [9.17, 15) is 8.42 Å². The molecule has 8 heteroatoms. The van der Waals surface area contributed by atoms with Crippen molar-refractivity contribution in [2.24, 2.45) is 10.1 Å². The highest BCUT2D eigenvalue weighted by atomic mass is 127. The maximum Gasteiger partial charge on any atom is 0.238 e. The number of nitrogens with one attached hydrogen (secondary N) is 2. The summed E-state index contributed by atoms with van der Waals surface area (Å²) in [5, 5.41) is 11.8. The molecular weight excluding hydrogens is 475 g/mol. The number of aliphatic imine (C=N–C) groups is 1. The average molecular weight is 510 g/mol. The molecule has 0 saturated heterocycles. The minimum absolute atomic E-state index is 0. The molecule has 27 heavy (non-hydrogen) atoms. The van der Waals surface area contributed by atoms with Crippen molar-refractivity contribution in [3.63, 3.8) is 0 Å². The number of nitrogens with two attached hydrogens (primary N) is 1. The zero-order chi connectivity index (χ0) is 19.4. The molecule has 0 bridgehead atoms. The highest BCUT2D eigenvalue weighted by Gasteiger charge is 2.07. The molecule has 1 rings (SSSR count). The van der Waals surface area contributed by atoms with E-state index in [-0.39, 0.29) is 28.9 Å². The van der Waals surface area contributed by atoms with Crippen LogP contribution in [0.4, 0.5) is 0 Å². The van der Waals surface area contributed by atoms with Crippen molar-refractivity contribution in [3.05, 3.63) is 29.8 Å². The van der Waals surface area contributed by atoms with Crippen LogP contribution in [0.2, 0.25) is 0 Å². The number of guanidine groups is 1. The van der Waals surface area contributed by atoms with Gasteiger partial charge in [0.2, 0.25) is 10.0 Å². The molecule has 0 aliphatic carbocycles. The fourth-order valence-corrected chi connectivity index (χ4v) is 3.16. The molecule has 0 heterocycles. The number of hydrogen-bond donors (Lipinski definition) is 3. The fraction of sp³-hybridized carbons (Fsp3) is 0.632. The van der Waals surface area contributed by atoms with Gasteiger partial charge < -0.3 is 10.6 Å². The van der Waals surface area contributed by atoms with Crippen LogP contribution in [0.25, 0.3) is 0 Å². The van der Waals surface area contributed by atoms with Crippen LogP contribution >= 0.6 is 24.0 Å². The van der Waals surface area contributed by atoms with Gasteiger partial charge in [0.15, 0.2) is 5.96 Å². The maximum absolute atomic E-state index is 11.3. The number of primary sulfonamides is 1. The van der Waals surface area contributed by atoms with Crippen molar-refractivity contribution in [1.29, 1.82) is 0 Å². The molecular formula is C19H35IN4O2S. The van der Waals surface area contributed by atoms with E-state index in [1.807, 2.05) is 0 Å². The molecule has 1 atom stereocenters. The fourth-order valence-electron chi connectivity index (χ4n) is 2.65. The number of nitrogens with zero attached hydrogens (tertiary/aromatic N) is 1. The van der Waals surface area contributed by atoms with Gasteiger partial charge in [0.1, 0.15) is 0 Å². The van der Waals surface area contributed by atoms with E-state index in [2.05, 4.69) is 36.4 Å². The van der Waals surface area contributed by atoms with Crippen molar-refractivity contribution >= 4 is 40.0 Å². The van der Waals surface area contributed by atoms with Gasteiger partial charge in [0, 0.05) is 19.1 Å². The quantitative estimate of drug-likeness (QED) is 0.184. The molecule has 156 valence electrons.